The third-order valence-corrected chi connectivity index (χ3v) is 2.99. The molecular weight excluding hydrogens is 234 g/mol. The van der Waals surface area contributed by atoms with Gasteiger partial charge in [-0.15, -0.1) is 0 Å². The number of carboxylic acid groups (broad SMARTS) is 1. The summed E-state index contributed by atoms with van der Waals surface area (Å²) in [5, 5.41) is 12.0. The van der Waals surface area contributed by atoms with Crippen LogP contribution < -0.4 is 5.32 Å². The zero-order chi connectivity index (χ0) is 13.2. The molecule has 0 spiro atoms. The van der Waals surface area contributed by atoms with Crippen molar-refractivity contribution in [3.63, 3.8) is 0 Å². The fraction of sp³-hybridized carbons (Fsp3) is 0.583. The molecule has 1 saturated heterocycles. The molecule has 1 aliphatic heterocycles. The van der Waals surface area contributed by atoms with Crippen molar-refractivity contribution in [3.05, 3.63) is 17.5 Å². The van der Waals surface area contributed by atoms with E-state index in [9.17, 15) is 4.79 Å². The van der Waals surface area contributed by atoms with Crippen LogP contribution in [0.3, 0.4) is 0 Å². The van der Waals surface area contributed by atoms with E-state index in [1.165, 1.54) is 6.07 Å². The molecule has 2 N–H and O–H groups in total. The number of aromatic carboxylic acids is 1. The molecule has 2 heterocycles. The van der Waals surface area contributed by atoms with E-state index >= 15 is 0 Å². The zero-order valence-electron chi connectivity index (χ0n) is 10.6. The highest BCUT2D eigenvalue weighted by Gasteiger charge is 2.29. The lowest BCUT2D eigenvalue weighted by Crippen LogP contribution is -2.33. The van der Waals surface area contributed by atoms with Gasteiger partial charge in [0.1, 0.15) is 0 Å². The zero-order valence-corrected chi connectivity index (χ0v) is 10.6. The molecule has 1 aliphatic rings. The number of anilines is 1. The van der Waals surface area contributed by atoms with Gasteiger partial charge in [0.15, 0.2) is 5.69 Å². The fourth-order valence-electron chi connectivity index (χ4n) is 2.00. The molecule has 98 valence electrons. The molecule has 0 saturated carbocycles. The molecule has 1 fully saturated rings. The Morgan fingerprint density at radius 2 is 2.39 bits per heavy atom. The van der Waals surface area contributed by atoms with Gasteiger partial charge < -0.3 is 15.2 Å². The summed E-state index contributed by atoms with van der Waals surface area (Å²) in [5.74, 6) is -0.712. The van der Waals surface area contributed by atoms with Crippen LogP contribution in [0.2, 0.25) is 0 Å². The topological polar surface area (TPSA) is 84.3 Å². The summed E-state index contributed by atoms with van der Waals surface area (Å²) >= 11 is 0. The molecule has 1 unspecified atom stereocenters. The van der Waals surface area contributed by atoms with Gasteiger partial charge in [-0.05, 0) is 32.8 Å². The molecule has 1 aromatic rings. The normalized spacial score (nSPS) is 23.0. The van der Waals surface area contributed by atoms with Crippen LogP contribution in [0.4, 0.5) is 5.95 Å². The molecular formula is C12H17N3O3. The van der Waals surface area contributed by atoms with E-state index in [1.54, 1.807) is 6.92 Å². The molecule has 2 rings (SSSR count). The fourth-order valence-corrected chi connectivity index (χ4v) is 2.00. The first-order valence-electron chi connectivity index (χ1n) is 5.95. The summed E-state index contributed by atoms with van der Waals surface area (Å²) in [6, 6.07) is 1.45. The van der Waals surface area contributed by atoms with Crippen LogP contribution in [0.15, 0.2) is 6.07 Å². The Labute approximate surface area is 105 Å². The quantitative estimate of drug-likeness (QED) is 0.842. The van der Waals surface area contributed by atoms with Crippen LogP contribution in [0.1, 0.15) is 35.9 Å². The number of rotatable bonds is 4. The third-order valence-electron chi connectivity index (χ3n) is 2.99. The van der Waals surface area contributed by atoms with E-state index in [1.807, 2.05) is 6.92 Å². The van der Waals surface area contributed by atoms with Crippen LogP contribution in [-0.4, -0.2) is 39.8 Å². The van der Waals surface area contributed by atoms with E-state index < -0.39 is 5.97 Å². The number of aryl methyl sites for hydroxylation is 1. The van der Waals surface area contributed by atoms with Gasteiger partial charge in [-0.3, -0.25) is 0 Å². The Morgan fingerprint density at radius 3 is 3.00 bits per heavy atom. The maximum atomic E-state index is 10.9. The molecule has 0 amide bonds. The summed E-state index contributed by atoms with van der Waals surface area (Å²) in [6.07, 6.45) is 2.03. The van der Waals surface area contributed by atoms with Crippen molar-refractivity contribution in [2.24, 2.45) is 0 Å². The van der Waals surface area contributed by atoms with Gasteiger partial charge in [-0.25, -0.2) is 14.8 Å². The molecule has 6 nitrogen and oxygen atoms in total. The maximum absolute atomic E-state index is 10.9. The van der Waals surface area contributed by atoms with Gasteiger partial charge >= 0.3 is 5.97 Å². The lowest BCUT2D eigenvalue weighted by molar-refractivity contribution is 0.0314. The number of ether oxygens (including phenoxy) is 1. The largest absolute Gasteiger partial charge is 0.477 e. The van der Waals surface area contributed by atoms with Crippen molar-refractivity contribution in [2.45, 2.75) is 32.3 Å². The molecule has 0 aromatic carbocycles. The van der Waals surface area contributed by atoms with Crippen LogP contribution in [0, 0.1) is 6.92 Å². The molecule has 1 atom stereocenters. The van der Waals surface area contributed by atoms with E-state index in [0.29, 0.717) is 18.2 Å². The second-order valence-corrected chi connectivity index (χ2v) is 4.78. The third kappa shape index (κ3) is 2.95. The Hall–Kier alpha value is -1.69. The summed E-state index contributed by atoms with van der Waals surface area (Å²) in [6.45, 7) is 5.12. The van der Waals surface area contributed by atoms with Crippen molar-refractivity contribution in [2.75, 3.05) is 18.5 Å². The van der Waals surface area contributed by atoms with E-state index in [-0.39, 0.29) is 11.3 Å². The number of nitrogens with zero attached hydrogens (tertiary/aromatic N) is 2. The van der Waals surface area contributed by atoms with Crippen LogP contribution in [0.25, 0.3) is 0 Å². The molecule has 1 aromatic heterocycles. The minimum absolute atomic E-state index is 0.00231. The highest BCUT2D eigenvalue weighted by atomic mass is 16.5. The SMILES string of the molecule is Cc1cc(C(=O)O)nc(NCC2(C)CCCO2)n1. The highest BCUT2D eigenvalue weighted by Crippen LogP contribution is 2.24. The number of carboxylic acids is 1. The number of nitrogens with one attached hydrogen (secondary N) is 1. The Kier molecular flexibility index (Phi) is 3.47. The molecule has 18 heavy (non-hydrogen) atoms. The first-order chi connectivity index (χ1) is 8.48. The molecule has 0 aliphatic carbocycles. The summed E-state index contributed by atoms with van der Waals surface area (Å²) in [5.41, 5.74) is 0.418. The lowest BCUT2D eigenvalue weighted by atomic mass is 10.0. The lowest BCUT2D eigenvalue weighted by Gasteiger charge is -2.23. The Balaban J connectivity index is 2.07. The minimum atomic E-state index is -1.05. The smallest absolute Gasteiger partial charge is 0.354 e. The highest BCUT2D eigenvalue weighted by molar-refractivity contribution is 5.85. The summed E-state index contributed by atoms with van der Waals surface area (Å²) in [4.78, 5) is 19.0. The summed E-state index contributed by atoms with van der Waals surface area (Å²) < 4.78 is 5.64. The predicted octanol–water partition coefficient (Wildman–Crippen LogP) is 1.46. The first kappa shape index (κ1) is 12.8. The second kappa shape index (κ2) is 4.89. The van der Waals surface area contributed by atoms with Crippen molar-refractivity contribution in [3.8, 4) is 0 Å². The Bertz CT molecular complexity index is 456. The first-order valence-corrected chi connectivity index (χ1v) is 5.95. The predicted molar refractivity (Wildman–Crippen MR) is 65.8 cm³/mol. The number of carbonyl (C=O) groups is 1. The monoisotopic (exact) mass is 251 g/mol. The average Bonchev–Trinajstić information content (AvgIpc) is 2.73. The van der Waals surface area contributed by atoms with Crippen LogP contribution in [0.5, 0.6) is 0 Å². The molecule has 0 bridgehead atoms. The van der Waals surface area contributed by atoms with Gasteiger partial charge in [-0.1, -0.05) is 0 Å². The van der Waals surface area contributed by atoms with E-state index in [0.717, 1.165) is 19.4 Å². The summed E-state index contributed by atoms with van der Waals surface area (Å²) in [7, 11) is 0. The van der Waals surface area contributed by atoms with Crippen molar-refractivity contribution in [1.82, 2.24) is 9.97 Å². The standard InChI is InChI=1S/C12H17N3O3/c1-8-6-9(10(16)17)15-11(14-8)13-7-12(2)4-3-5-18-12/h6H,3-5,7H2,1-2H3,(H,16,17)(H,13,14,15). The van der Waals surface area contributed by atoms with Crippen LogP contribution in [-0.2, 0) is 4.74 Å². The van der Waals surface area contributed by atoms with Crippen molar-refractivity contribution < 1.29 is 14.6 Å². The van der Waals surface area contributed by atoms with Gasteiger partial charge in [0.05, 0.1) is 5.60 Å². The van der Waals surface area contributed by atoms with Crippen molar-refractivity contribution >= 4 is 11.9 Å². The van der Waals surface area contributed by atoms with Crippen molar-refractivity contribution in [1.29, 1.82) is 0 Å². The van der Waals surface area contributed by atoms with E-state index in [4.69, 9.17) is 9.84 Å². The van der Waals surface area contributed by atoms with Crippen LogP contribution >= 0.6 is 0 Å². The van der Waals surface area contributed by atoms with E-state index in [2.05, 4.69) is 15.3 Å². The number of hydrogen-bond donors (Lipinski definition) is 2. The number of hydrogen-bond acceptors (Lipinski definition) is 5. The second-order valence-electron chi connectivity index (χ2n) is 4.78. The van der Waals surface area contributed by atoms with Gasteiger partial charge in [-0.2, -0.15) is 0 Å². The molecule has 6 heteroatoms. The Morgan fingerprint density at radius 1 is 1.61 bits per heavy atom. The van der Waals surface area contributed by atoms with Gasteiger partial charge in [0.2, 0.25) is 5.95 Å². The average molecular weight is 251 g/mol. The number of aromatic nitrogens is 2. The van der Waals surface area contributed by atoms with Gasteiger partial charge in [0, 0.05) is 18.8 Å². The van der Waals surface area contributed by atoms with Gasteiger partial charge in [0.25, 0.3) is 0 Å². The maximum Gasteiger partial charge on any atom is 0.354 e. The minimum Gasteiger partial charge on any atom is -0.477 e. The molecule has 0 radical (unpaired) electrons.